The van der Waals surface area contributed by atoms with Gasteiger partial charge in [0.1, 0.15) is 12.2 Å². The minimum Gasteiger partial charge on any atom is -0.457 e. The standard InChI is InChI=1S/C27H19NO6S/c29-25-16-20(26-23-9-5-4-6-18(23)12-15-24(26)34-25)17-33-27(30)19-10-13-22(14-11-19)35(31,32)28-21-7-2-1-3-8-21/h1-16,28H,17H2. The highest BCUT2D eigenvalue weighted by molar-refractivity contribution is 7.92. The highest BCUT2D eigenvalue weighted by Crippen LogP contribution is 2.28. The van der Waals surface area contributed by atoms with Crippen LogP contribution in [0.1, 0.15) is 15.9 Å². The lowest BCUT2D eigenvalue weighted by Crippen LogP contribution is -2.13. The van der Waals surface area contributed by atoms with Gasteiger partial charge < -0.3 is 9.15 Å². The summed E-state index contributed by atoms with van der Waals surface area (Å²) in [6.07, 6.45) is 0. The van der Waals surface area contributed by atoms with Gasteiger partial charge in [0.2, 0.25) is 0 Å². The first-order valence-corrected chi connectivity index (χ1v) is 12.2. The zero-order chi connectivity index (χ0) is 24.4. The summed E-state index contributed by atoms with van der Waals surface area (Å²) in [7, 11) is -3.81. The minimum atomic E-state index is -3.81. The molecule has 0 aliphatic carbocycles. The second-order valence-electron chi connectivity index (χ2n) is 7.82. The molecule has 0 aliphatic heterocycles. The van der Waals surface area contributed by atoms with Gasteiger partial charge in [0.25, 0.3) is 10.0 Å². The number of carbonyl (C=O) groups excluding carboxylic acids is 1. The van der Waals surface area contributed by atoms with E-state index >= 15 is 0 Å². The fraction of sp³-hybridized carbons (Fsp3) is 0.0370. The average Bonchev–Trinajstić information content (AvgIpc) is 2.87. The number of para-hydroxylation sites is 1. The summed E-state index contributed by atoms with van der Waals surface area (Å²) in [5.74, 6) is -0.647. The lowest BCUT2D eigenvalue weighted by Gasteiger charge is -2.10. The van der Waals surface area contributed by atoms with Crippen molar-refractivity contribution in [3.05, 3.63) is 119 Å². The zero-order valence-corrected chi connectivity index (χ0v) is 19.1. The number of sulfonamides is 1. The lowest BCUT2D eigenvalue weighted by atomic mass is 10.0. The van der Waals surface area contributed by atoms with Crippen molar-refractivity contribution in [3.8, 4) is 0 Å². The third-order valence-corrected chi connectivity index (χ3v) is 6.90. The summed E-state index contributed by atoms with van der Waals surface area (Å²) in [5, 5.41) is 2.53. The third-order valence-electron chi connectivity index (χ3n) is 5.50. The SMILES string of the molecule is O=C(OCc1cc(=O)oc2ccc3ccccc3c12)c1ccc(S(=O)(=O)Nc2ccccc2)cc1. The van der Waals surface area contributed by atoms with Crippen LogP contribution in [0.2, 0.25) is 0 Å². The lowest BCUT2D eigenvalue weighted by molar-refractivity contribution is 0.0473. The van der Waals surface area contributed by atoms with Gasteiger partial charge in [-0.2, -0.15) is 0 Å². The Balaban J connectivity index is 1.36. The van der Waals surface area contributed by atoms with Crippen LogP contribution in [0, 0.1) is 0 Å². The fourth-order valence-electron chi connectivity index (χ4n) is 3.85. The van der Waals surface area contributed by atoms with Crippen LogP contribution in [0.5, 0.6) is 0 Å². The molecule has 8 heteroatoms. The van der Waals surface area contributed by atoms with E-state index in [1.807, 2.05) is 30.3 Å². The molecule has 0 aliphatic rings. The van der Waals surface area contributed by atoms with Crippen LogP contribution in [-0.2, 0) is 21.4 Å². The summed E-state index contributed by atoms with van der Waals surface area (Å²) in [4.78, 5) is 24.7. The van der Waals surface area contributed by atoms with Crippen LogP contribution in [-0.4, -0.2) is 14.4 Å². The number of hydrogen-bond acceptors (Lipinski definition) is 6. The number of nitrogens with one attached hydrogen (secondary N) is 1. The highest BCUT2D eigenvalue weighted by atomic mass is 32.2. The van der Waals surface area contributed by atoms with Crippen LogP contribution in [0.3, 0.4) is 0 Å². The summed E-state index contributed by atoms with van der Waals surface area (Å²) >= 11 is 0. The van der Waals surface area contributed by atoms with E-state index in [9.17, 15) is 18.0 Å². The molecule has 0 saturated carbocycles. The Morgan fingerprint density at radius 2 is 1.57 bits per heavy atom. The summed E-state index contributed by atoms with van der Waals surface area (Å²) in [6, 6.07) is 26.5. The molecule has 1 aromatic heterocycles. The number of carbonyl (C=O) groups is 1. The first kappa shape index (κ1) is 22.4. The van der Waals surface area contributed by atoms with E-state index < -0.39 is 21.6 Å². The molecule has 4 aromatic carbocycles. The molecule has 0 bridgehead atoms. The van der Waals surface area contributed by atoms with Gasteiger partial charge in [0.15, 0.2) is 0 Å². The second kappa shape index (κ2) is 9.08. The number of benzene rings is 4. The fourth-order valence-corrected chi connectivity index (χ4v) is 4.91. The normalized spacial score (nSPS) is 11.4. The molecule has 0 amide bonds. The molecule has 5 aromatic rings. The van der Waals surface area contributed by atoms with Crippen molar-refractivity contribution in [2.45, 2.75) is 11.5 Å². The van der Waals surface area contributed by atoms with Gasteiger partial charge in [-0.15, -0.1) is 0 Å². The van der Waals surface area contributed by atoms with Crippen LogP contribution in [0.25, 0.3) is 21.7 Å². The Bertz CT molecular complexity index is 1710. The first-order valence-electron chi connectivity index (χ1n) is 10.7. The van der Waals surface area contributed by atoms with Crippen molar-refractivity contribution in [1.82, 2.24) is 0 Å². The molecule has 0 fully saturated rings. The van der Waals surface area contributed by atoms with E-state index in [1.165, 1.54) is 30.3 Å². The third kappa shape index (κ3) is 4.64. The Hall–Kier alpha value is -4.43. The molecule has 0 atom stereocenters. The molecule has 0 saturated heterocycles. The van der Waals surface area contributed by atoms with E-state index in [2.05, 4.69) is 4.72 Å². The number of hydrogen-bond donors (Lipinski definition) is 1. The maximum Gasteiger partial charge on any atom is 0.338 e. The maximum atomic E-state index is 12.7. The molecule has 35 heavy (non-hydrogen) atoms. The van der Waals surface area contributed by atoms with Crippen LogP contribution in [0.4, 0.5) is 5.69 Å². The molecule has 1 heterocycles. The first-order chi connectivity index (χ1) is 16.9. The van der Waals surface area contributed by atoms with Crippen molar-refractivity contribution in [3.63, 3.8) is 0 Å². The smallest absolute Gasteiger partial charge is 0.338 e. The molecule has 1 N–H and O–H groups in total. The molecular formula is C27H19NO6S. The monoisotopic (exact) mass is 485 g/mol. The van der Waals surface area contributed by atoms with E-state index in [0.717, 1.165) is 10.8 Å². The Labute approximate surface area is 200 Å². The van der Waals surface area contributed by atoms with Gasteiger partial charge in [0, 0.05) is 22.7 Å². The Morgan fingerprint density at radius 1 is 0.857 bits per heavy atom. The number of esters is 1. The molecule has 0 spiro atoms. The molecule has 0 unspecified atom stereocenters. The van der Waals surface area contributed by atoms with Crippen LogP contribution in [0.15, 0.2) is 111 Å². The Morgan fingerprint density at radius 3 is 2.34 bits per heavy atom. The van der Waals surface area contributed by atoms with E-state index in [0.29, 0.717) is 22.2 Å². The molecule has 0 radical (unpaired) electrons. The van der Waals surface area contributed by atoms with Gasteiger partial charge >= 0.3 is 11.6 Å². The van der Waals surface area contributed by atoms with Gasteiger partial charge in [0.05, 0.1) is 10.5 Å². The van der Waals surface area contributed by atoms with Crippen molar-refractivity contribution < 1.29 is 22.4 Å². The van der Waals surface area contributed by atoms with Gasteiger partial charge in [-0.3, -0.25) is 4.72 Å². The second-order valence-corrected chi connectivity index (χ2v) is 9.50. The van der Waals surface area contributed by atoms with E-state index in [-0.39, 0.29) is 17.1 Å². The van der Waals surface area contributed by atoms with Crippen molar-refractivity contribution in [2.75, 3.05) is 4.72 Å². The largest absolute Gasteiger partial charge is 0.457 e. The summed E-state index contributed by atoms with van der Waals surface area (Å²) in [5.41, 5.74) is 0.999. The number of fused-ring (bicyclic) bond motifs is 3. The van der Waals surface area contributed by atoms with Crippen molar-refractivity contribution >= 4 is 43.4 Å². The van der Waals surface area contributed by atoms with Crippen LogP contribution >= 0.6 is 0 Å². The molecule has 5 rings (SSSR count). The van der Waals surface area contributed by atoms with E-state index in [4.69, 9.17) is 9.15 Å². The van der Waals surface area contributed by atoms with Crippen LogP contribution < -0.4 is 10.3 Å². The van der Waals surface area contributed by atoms with Gasteiger partial charge in [-0.25, -0.2) is 18.0 Å². The molecule has 7 nitrogen and oxygen atoms in total. The summed E-state index contributed by atoms with van der Waals surface area (Å²) < 4.78 is 38.5. The number of ether oxygens (including phenoxy) is 1. The molecule has 174 valence electrons. The minimum absolute atomic E-state index is 0.0102. The number of anilines is 1. The quantitative estimate of drug-likeness (QED) is 0.204. The van der Waals surface area contributed by atoms with Crippen molar-refractivity contribution in [1.29, 1.82) is 0 Å². The Kier molecular flexibility index (Phi) is 5.80. The predicted octanol–water partition coefficient (Wildman–Crippen LogP) is 5.10. The summed E-state index contributed by atoms with van der Waals surface area (Å²) in [6.45, 7) is -0.148. The molecular weight excluding hydrogens is 466 g/mol. The van der Waals surface area contributed by atoms with E-state index in [1.54, 1.807) is 36.4 Å². The van der Waals surface area contributed by atoms with Gasteiger partial charge in [-0.1, -0.05) is 48.5 Å². The predicted molar refractivity (Wildman–Crippen MR) is 133 cm³/mol. The zero-order valence-electron chi connectivity index (χ0n) is 18.3. The number of rotatable bonds is 6. The van der Waals surface area contributed by atoms with Crippen molar-refractivity contribution in [2.24, 2.45) is 0 Å². The maximum absolute atomic E-state index is 12.7. The average molecular weight is 486 g/mol. The van der Waals surface area contributed by atoms with Gasteiger partial charge in [-0.05, 0) is 53.2 Å². The topological polar surface area (TPSA) is 103 Å². The highest BCUT2D eigenvalue weighted by Gasteiger charge is 2.17.